The Morgan fingerprint density at radius 1 is 1.17 bits per heavy atom. The van der Waals surface area contributed by atoms with Crippen molar-refractivity contribution >= 4 is 45.5 Å². The first kappa shape index (κ1) is 37.9. The van der Waals surface area contributed by atoms with Crippen LogP contribution in [0.4, 0.5) is 0 Å². The second kappa shape index (κ2) is 29.5. The van der Waals surface area contributed by atoms with Crippen molar-refractivity contribution in [3.63, 3.8) is 0 Å². The molecule has 0 N–H and O–H groups in total. The summed E-state index contributed by atoms with van der Waals surface area (Å²) >= 11 is 0. The molecule has 6 heavy (non-hydrogen) atoms. The quantitative estimate of drug-likeness (QED) is 0.299. The fourth-order valence-corrected chi connectivity index (χ4v) is 0. The monoisotopic (exact) mass is 485 g/mol. The fourth-order valence-electron chi connectivity index (χ4n) is 0. The van der Waals surface area contributed by atoms with Crippen LogP contribution in [0.5, 0.6) is 0 Å². The van der Waals surface area contributed by atoms with Gasteiger partial charge in [-0.25, -0.2) is 0 Å². The van der Waals surface area contributed by atoms with E-state index in [1.165, 1.54) is 0 Å². The Labute approximate surface area is 228 Å². The molecule has 0 nitrogen and oxygen atoms in total. The van der Waals surface area contributed by atoms with Crippen LogP contribution in [0, 0.1) is 0 Å². The maximum atomic E-state index is 0. The zero-order valence-corrected chi connectivity index (χ0v) is 24.4. The second-order valence-corrected chi connectivity index (χ2v) is 0. The van der Waals surface area contributed by atoms with Crippen LogP contribution >= 0.6 is 0 Å². The first-order valence-electron chi connectivity index (χ1n) is 0. The van der Waals surface area contributed by atoms with Crippen molar-refractivity contribution in [2.24, 2.45) is 0 Å². The topological polar surface area (TPSA) is 0 Å². The molecule has 0 rings (SSSR count). The number of rotatable bonds is 0. The Morgan fingerprint density at radius 2 is 1.17 bits per heavy atom. The predicted molar refractivity (Wildman–Crippen MR) is 10.2 cm³/mol. The Balaban J connectivity index is 0. The third kappa shape index (κ3) is 22.5. The Hall–Kier alpha value is 7.19. The summed E-state index contributed by atoms with van der Waals surface area (Å²) in [6.07, 6.45) is 0. The summed E-state index contributed by atoms with van der Waals surface area (Å²) in [5.74, 6) is 0. The molecule has 0 amide bonds. The van der Waals surface area contributed by atoms with Crippen LogP contribution in [-0.4, -0.2) is 45.5 Å². The third-order valence-corrected chi connectivity index (χ3v) is 0. The average molecular weight is 487 g/mol. The molecule has 0 saturated carbocycles. The summed E-state index contributed by atoms with van der Waals surface area (Å²) in [7, 11) is 0. The molecule has 25 valence electrons. The molecule has 0 aliphatic heterocycles. The van der Waals surface area contributed by atoms with E-state index in [0.29, 0.717) is 0 Å². The van der Waals surface area contributed by atoms with Crippen LogP contribution in [0.1, 0.15) is 5.71 Å². The standard InChI is InChI=1S/Cs.Cu.Rb.Sr.Ti.Zn.4H/q+1;;+1;+2;;;4*-1. The van der Waals surface area contributed by atoms with Crippen LogP contribution in [-0.2, 0) is 58.3 Å². The maximum absolute atomic E-state index is 0. The second-order valence-electron chi connectivity index (χ2n) is 0. The van der Waals surface area contributed by atoms with Crippen LogP contribution in [0.3, 0.4) is 0 Å². The van der Waals surface area contributed by atoms with Crippen molar-refractivity contribution in [3.05, 3.63) is 0 Å². The molecule has 0 aromatic rings. The van der Waals surface area contributed by atoms with Gasteiger partial charge in [0.15, 0.2) is 0 Å². The average Bonchev–Trinajstić information content (AvgIpc) is 0. The fraction of sp³-hybridized carbons (Fsp3) is 0. The van der Waals surface area contributed by atoms with Gasteiger partial charge in [0.25, 0.3) is 0 Å². The molecule has 0 atom stereocenters. The van der Waals surface area contributed by atoms with Gasteiger partial charge in [0.2, 0.25) is 0 Å². The smallest absolute Gasteiger partial charge is 1.00 e. The van der Waals surface area contributed by atoms with E-state index in [1.54, 1.807) is 0 Å². The van der Waals surface area contributed by atoms with Gasteiger partial charge < -0.3 is 5.71 Å². The molecular formula is H4CsCuRbSrTiZn. The number of hydrogen-bond donors (Lipinski definition) is 0. The van der Waals surface area contributed by atoms with E-state index >= 15 is 0 Å². The molecular weight excluding hydrogens is 483 g/mol. The molecule has 6 heteroatoms. The van der Waals surface area contributed by atoms with E-state index in [0.717, 1.165) is 0 Å². The SMILES string of the molecule is [Cs+].[Cu].[H-].[H-].[H-].[H-].[Rb+].[Sr+2].[Ti].[Zn]. The molecule has 0 spiro atoms. The molecule has 0 aromatic heterocycles. The summed E-state index contributed by atoms with van der Waals surface area (Å²) < 4.78 is 0. The van der Waals surface area contributed by atoms with E-state index in [9.17, 15) is 0 Å². The predicted octanol–water partition coefficient (Wildman–Crippen LogP) is -5.93. The van der Waals surface area contributed by atoms with Crippen LogP contribution < -0.4 is 127 Å². The maximum Gasteiger partial charge on any atom is 2.00 e. The first-order valence-corrected chi connectivity index (χ1v) is 0. The van der Waals surface area contributed by atoms with E-state index < -0.39 is 0 Å². The van der Waals surface area contributed by atoms with Crippen LogP contribution in [0.15, 0.2) is 0 Å². The largest absolute Gasteiger partial charge is 2.00 e. The summed E-state index contributed by atoms with van der Waals surface area (Å²) in [6, 6.07) is 0. The third-order valence-electron chi connectivity index (χ3n) is 0. The summed E-state index contributed by atoms with van der Waals surface area (Å²) in [5.41, 5.74) is 0. The molecule has 0 aromatic carbocycles. The van der Waals surface area contributed by atoms with Crippen molar-refractivity contribution in [2.45, 2.75) is 0 Å². The number of hydrogen-bond acceptors (Lipinski definition) is 0. The molecule has 0 fully saturated rings. The van der Waals surface area contributed by atoms with Crippen molar-refractivity contribution in [1.82, 2.24) is 0 Å². The Kier molecular flexibility index (Phi) is 187. The van der Waals surface area contributed by atoms with E-state index in [1.807, 2.05) is 0 Å². The Bertz CT molecular complexity index is 25.2. The van der Waals surface area contributed by atoms with Crippen LogP contribution in [0.25, 0.3) is 0 Å². The van der Waals surface area contributed by atoms with Gasteiger partial charge >= 0.3 is 173 Å². The van der Waals surface area contributed by atoms with Crippen molar-refractivity contribution in [2.75, 3.05) is 0 Å². The normalized spacial score (nSPS) is 0. The van der Waals surface area contributed by atoms with Gasteiger partial charge in [-0.2, -0.15) is 0 Å². The van der Waals surface area contributed by atoms with Crippen LogP contribution in [0.2, 0.25) is 0 Å². The minimum absolute atomic E-state index is 0. The molecule has 0 saturated heterocycles. The zero-order chi connectivity index (χ0) is 0. The van der Waals surface area contributed by atoms with E-state index in [-0.39, 0.29) is 237 Å². The van der Waals surface area contributed by atoms with Gasteiger partial charge in [0.05, 0.1) is 0 Å². The first-order chi connectivity index (χ1) is 0. The van der Waals surface area contributed by atoms with Gasteiger partial charge in [-0.3, -0.25) is 0 Å². The van der Waals surface area contributed by atoms with Gasteiger partial charge in [0.1, 0.15) is 0 Å². The summed E-state index contributed by atoms with van der Waals surface area (Å²) in [4.78, 5) is 0. The van der Waals surface area contributed by atoms with Crippen molar-refractivity contribution < 1.29 is 191 Å². The van der Waals surface area contributed by atoms with E-state index in [4.69, 9.17) is 0 Å². The van der Waals surface area contributed by atoms with Gasteiger partial charge in [-0.1, -0.05) is 0 Å². The zero-order valence-electron chi connectivity index (χ0n) is 8.22. The molecule has 0 aliphatic rings. The van der Waals surface area contributed by atoms with Crippen molar-refractivity contribution in [1.29, 1.82) is 0 Å². The van der Waals surface area contributed by atoms with Gasteiger partial charge in [0, 0.05) is 58.3 Å². The molecule has 1 radical (unpaired) electrons. The van der Waals surface area contributed by atoms with Gasteiger partial charge in [-0.15, -0.1) is 0 Å². The molecule has 0 unspecified atom stereocenters. The molecule has 0 aliphatic carbocycles. The molecule has 0 bridgehead atoms. The van der Waals surface area contributed by atoms with Gasteiger partial charge in [-0.05, 0) is 0 Å². The summed E-state index contributed by atoms with van der Waals surface area (Å²) in [6.45, 7) is 0. The minimum atomic E-state index is 0. The Morgan fingerprint density at radius 3 is 1.17 bits per heavy atom. The molecule has 0 heterocycles. The minimum Gasteiger partial charge on any atom is -1.00 e. The van der Waals surface area contributed by atoms with E-state index in [2.05, 4.69) is 0 Å². The van der Waals surface area contributed by atoms with Crippen molar-refractivity contribution in [3.8, 4) is 0 Å². The summed E-state index contributed by atoms with van der Waals surface area (Å²) in [5, 5.41) is 0.